The zero-order valence-corrected chi connectivity index (χ0v) is 15.1. The van der Waals surface area contributed by atoms with E-state index in [-0.39, 0.29) is 12.7 Å². The van der Waals surface area contributed by atoms with E-state index in [0.29, 0.717) is 17.6 Å². The fourth-order valence-electron chi connectivity index (χ4n) is 3.01. The Morgan fingerprint density at radius 3 is 1.77 bits per heavy atom. The van der Waals surface area contributed by atoms with Crippen LogP contribution in [0.15, 0.2) is 0 Å². The Balaban J connectivity index is 3.75. The van der Waals surface area contributed by atoms with E-state index in [9.17, 15) is 10.2 Å². The van der Waals surface area contributed by atoms with Gasteiger partial charge in [-0.15, -0.1) is 0 Å². The average Bonchev–Trinajstić information content (AvgIpc) is 2.49. The van der Waals surface area contributed by atoms with Crippen molar-refractivity contribution in [2.75, 3.05) is 33.3 Å². The van der Waals surface area contributed by atoms with E-state index in [1.54, 1.807) is 0 Å². The predicted octanol–water partition coefficient (Wildman–Crippen LogP) is 2.70. The van der Waals surface area contributed by atoms with Gasteiger partial charge >= 0.3 is 0 Å². The third-order valence-electron chi connectivity index (χ3n) is 4.67. The van der Waals surface area contributed by atoms with Crippen molar-refractivity contribution in [3.8, 4) is 0 Å². The van der Waals surface area contributed by atoms with Gasteiger partial charge in [0.15, 0.2) is 0 Å². The molecule has 0 aromatic rings. The Labute approximate surface area is 137 Å². The number of aliphatic hydroxyl groups excluding tert-OH is 3. The highest BCUT2D eigenvalue weighted by atomic mass is 16.3. The summed E-state index contributed by atoms with van der Waals surface area (Å²) in [6.07, 6.45) is 10.1. The molecule has 4 nitrogen and oxygen atoms in total. The zero-order valence-electron chi connectivity index (χ0n) is 15.1. The molecule has 0 aromatic carbocycles. The standard InChI is InChI=1S/C18H40NO3/c1-4-6-7-8-9-10-11-12-13-17(21)14-19(3,5-2)15-18(22)16-20/h17-18,20-22H,4-16H2,1-3H3/q+1. The molecule has 0 saturated carbocycles. The van der Waals surface area contributed by atoms with Crippen molar-refractivity contribution >= 4 is 0 Å². The fraction of sp³-hybridized carbons (Fsp3) is 1.00. The summed E-state index contributed by atoms with van der Waals surface area (Å²) in [5.74, 6) is 0. The molecular weight excluding hydrogens is 278 g/mol. The molecule has 0 rings (SSSR count). The SMILES string of the molecule is CCCCCCCCCCC(O)C[N+](C)(CC)CC(O)CO. The van der Waals surface area contributed by atoms with Gasteiger partial charge in [-0.1, -0.05) is 58.3 Å². The van der Waals surface area contributed by atoms with Crippen LogP contribution in [-0.2, 0) is 0 Å². The van der Waals surface area contributed by atoms with Crippen molar-refractivity contribution in [3.63, 3.8) is 0 Å². The number of aliphatic hydroxyl groups is 3. The molecule has 0 aliphatic carbocycles. The molecule has 0 aliphatic heterocycles. The van der Waals surface area contributed by atoms with Gasteiger partial charge in [-0.3, -0.25) is 0 Å². The van der Waals surface area contributed by atoms with Gasteiger partial charge in [0.1, 0.15) is 25.3 Å². The maximum absolute atomic E-state index is 10.2. The third-order valence-corrected chi connectivity index (χ3v) is 4.67. The molecule has 0 amide bonds. The summed E-state index contributed by atoms with van der Waals surface area (Å²) in [6.45, 7) is 6.11. The van der Waals surface area contributed by atoms with Crippen LogP contribution in [0.5, 0.6) is 0 Å². The third kappa shape index (κ3) is 11.4. The van der Waals surface area contributed by atoms with Crippen LogP contribution >= 0.6 is 0 Å². The lowest BCUT2D eigenvalue weighted by Gasteiger charge is -2.36. The lowest BCUT2D eigenvalue weighted by atomic mass is 10.0. The van der Waals surface area contributed by atoms with Gasteiger partial charge in [-0.25, -0.2) is 0 Å². The summed E-state index contributed by atoms with van der Waals surface area (Å²) in [4.78, 5) is 0. The molecule has 3 unspecified atom stereocenters. The molecule has 0 heterocycles. The second-order valence-electron chi connectivity index (χ2n) is 7.05. The van der Waals surface area contributed by atoms with Gasteiger partial charge in [-0.05, 0) is 13.3 Å². The predicted molar refractivity (Wildman–Crippen MR) is 92.8 cm³/mol. The maximum atomic E-state index is 10.2. The summed E-state index contributed by atoms with van der Waals surface area (Å²) >= 11 is 0. The van der Waals surface area contributed by atoms with Gasteiger partial charge in [0.05, 0.1) is 20.2 Å². The summed E-state index contributed by atoms with van der Waals surface area (Å²) in [7, 11) is 2.04. The van der Waals surface area contributed by atoms with E-state index in [1.807, 2.05) is 7.05 Å². The van der Waals surface area contributed by atoms with Crippen molar-refractivity contribution in [2.24, 2.45) is 0 Å². The first kappa shape index (κ1) is 21.8. The van der Waals surface area contributed by atoms with Crippen molar-refractivity contribution < 1.29 is 19.8 Å². The van der Waals surface area contributed by atoms with Crippen molar-refractivity contribution in [1.29, 1.82) is 0 Å². The molecule has 0 radical (unpaired) electrons. The van der Waals surface area contributed by atoms with Gasteiger partial charge in [0.25, 0.3) is 0 Å². The zero-order chi connectivity index (χ0) is 16.8. The highest BCUT2D eigenvalue weighted by Gasteiger charge is 2.26. The van der Waals surface area contributed by atoms with Crippen LogP contribution in [0.2, 0.25) is 0 Å². The number of hydrogen-bond donors (Lipinski definition) is 3. The summed E-state index contributed by atoms with van der Waals surface area (Å²) in [5.41, 5.74) is 0. The number of nitrogens with zero attached hydrogens (tertiary/aromatic N) is 1. The second-order valence-corrected chi connectivity index (χ2v) is 7.05. The van der Waals surface area contributed by atoms with Crippen LogP contribution in [0.1, 0.15) is 71.6 Å². The fourth-order valence-corrected chi connectivity index (χ4v) is 3.01. The van der Waals surface area contributed by atoms with Gasteiger partial charge in [-0.2, -0.15) is 0 Å². The van der Waals surface area contributed by atoms with Crippen molar-refractivity contribution in [2.45, 2.75) is 83.8 Å². The molecule has 134 valence electrons. The summed E-state index contributed by atoms with van der Waals surface area (Å²) < 4.78 is 0.611. The van der Waals surface area contributed by atoms with Crippen LogP contribution < -0.4 is 0 Å². The van der Waals surface area contributed by atoms with Crippen LogP contribution in [0.4, 0.5) is 0 Å². The first-order valence-corrected chi connectivity index (χ1v) is 9.28. The molecule has 0 saturated heterocycles. The molecule has 4 heteroatoms. The Morgan fingerprint density at radius 2 is 1.27 bits per heavy atom. The molecule has 3 atom stereocenters. The average molecular weight is 319 g/mol. The van der Waals surface area contributed by atoms with E-state index in [4.69, 9.17) is 5.11 Å². The van der Waals surface area contributed by atoms with Crippen LogP contribution in [0.25, 0.3) is 0 Å². The van der Waals surface area contributed by atoms with Crippen molar-refractivity contribution in [1.82, 2.24) is 0 Å². The largest absolute Gasteiger partial charge is 0.393 e. The molecule has 0 spiro atoms. The maximum Gasteiger partial charge on any atom is 0.126 e. The van der Waals surface area contributed by atoms with Crippen LogP contribution in [0.3, 0.4) is 0 Å². The molecule has 0 aromatic heterocycles. The van der Waals surface area contributed by atoms with E-state index in [1.165, 1.54) is 44.9 Å². The highest BCUT2D eigenvalue weighted by Crippen LogP contribution is 2.13. The molecule has 0 fully saturated rings. The summed E-state index contributed by atoms with van der Waals surface area (Å²) in [6, 6.07) is 0. The van der Waals surface area contributed by atoms with E-state index in [0.717, 1.165) is 19.4 Å². The Morgan fingerprint density at radius 1 is 0.773 bits per heavy atom. The van der Waals surface area contributed by atoms with E-state index >= 15 is 0 Å². The number of hydrogen-bond acceptors (Lipinski definition) is 3. The van der Waals surface area contributed by atoms with Gasteiger partial charge in [0.2, 0.25) is 0 Å². The quantitative estimate of drug-likeness (QED) is 0.321. The number of likely N-dealkylation sites (N-methyl/N-ethyl adjacent to an activating group) is 1. The Hall–Kier alpha value is -0.160. The van der Waals surface area contributed by atoms with Gasteiger partial charge < -0.3 is 19.8 Å². The van der Waals surface area contributed by atoms with Gasteiger partial charge in [0, 0.05) is 0 Å². The lowest BCUT2D eigenvalue weighted by molar-refractivity contribution is -0.913. The minimum atomic E-state index is -0.694. The summed E-state index contributed by atoms with van der Waals surface area (Å²) in [5, 5.41) is 28.8. The Bertz CT molecular complexity index is 250. The first-order valence-electron chi connectivity index (χ1n) is 9.28. The van der Waals surface area contributed by atoms with Crippen LogP contribution in [0, 0.1) is 0 Å². The number of quaternary nitrogens is 1. The molecular formula is C18H40NO3+. The smallest absolute Gasteiger partial charge is 0.126 e. The molecule has 0 aliphatic rings. The monoisotopic (exact) mass is 318 g/mol. The van der Waals surface area contributed by atoms with E-state index in [2.05, 4.69) is 13.8 Å². The number of rotatable bonds is 15. The van der Waals surface area contributed by atoms with Crippen LogP contribution in [-0.4, -0.2) is 65.3 Å². The lowest BCUT2D eigenvalue weighted by Crippen LogP contribution is -2.53. The number of unbranched alkanes of at least 4 members (excludes halogenated alkanes) is 7. The molecule has 0 bridgehead atoms. The molecule has 3 N–H and O–H groups in total. The highest BCUT2D eigenvalue weighted by molar-refractivity contribution is 4.59. The molecule has 22 heavy (non-hydrogen) atoms. The van der Waals surface area contributed by atoms with Crippen molar-refractivity contribution in [3.05, 3.63) is 0 Å². The first-order chi connectivity index (χ1) is 10.5. The minimum Gasteiger partial charge on any atom is -0.393 e. The topological polar surface area (TPSA) is 60.7 Å². The minimum absolute atomic E-state index is 0.206. The normalized spacial score (nSPS) is 17.2. The second kappa shape index (κ2) is 13.3. The van der Waals surface area contributed by atoms with E-state index < -0.39 is 6.10 Å². The Kier molecular flexibility index (Phi) is 13.2.